The molecule has 0 radical (unpaired) electrons. The normalized spacial score (nSPS) is 24.4. The number of carbonyl (C=O) groups is 2. The van der Waals surface area contributed by atoms with Crippen LogP contribution < -0.4 is 15.4 Å². The standard InChI is InChI=1S/C20H19F3N2O4/c1-11-3-5-13(6-4-11)17(26)15-16(12-7-9-14(29-2)10-8-12)24-18(27)25-19(15,28)20(21,22)23/h3-10,15-16,28H,1-2H3,(H2,24,25,27)/t15-,16-,19-/m0/s1. The van der Waals surface area contributed by atoms with Crippen LogP contribution in [0.15, 0.2) is 48.5 Å². The van der Waals surface area contributed by atoms with Gasteiger partial charge in [0.05, 0.1) is 13.2 Å². The Morgan fingerprint density at radius 1 is 1.10 bits per heavy atom. The van der Waals surface area contributed by atoms with Gasteiger partial charge in [-0.3, -0.25) is 4.79 Å². The molecular formula is C20H19F3N2O4. The van der Waals surface area contributed by atoms with E-state index >= 15 is 0 Å². The van der Waals surface area contributed by atoms with E-state index in [1.165, 1.54) is 48.8 Å². The number of benzene rings is 2. The molecule has 29 heavy (non-hydrogen) atoms. The van der Waals surface area contributed by atoms with Crippen molar-refractivity contribution in [3.8, 4) is 5.75 Å². The number of nitrogens with one attached hydrogen (secondary N) is 2. The van der Waals surface area contributed by atoms with Gasteiger partial charge in [-0.25, -0.2) is 4.79 Å². The molecule has 0 unspecified atom stereocenters. The van der Waals surface area contributed by atoms with E-state index in [4.69, 9.17) is 4.74 Å². The van der Waals surface area contributed by atoms with Crippen molar-refractivity contribution in [3.05, 3.63) is 65.2 Å². The van der Waals surface area contributed by atoms with Crippen LogP contribution in [-0.2, 0) is 0 Å². The quantitative estimate of drug-likeness (QED) is 0.679. The lowest BCUT2D eigenvalue weighted by atomic mass is 9.77. The van der Waals surface area contributed by atoms with Gasteiger partial charge in [0.25, 0.3) is 0 Å². The summed E-state index contributed by atoms with van der Waals surface area (Å²) < 4.78 is 46.5. The van der Waals surface area contributed by atoms with E-state index in [1.54, 1.807) is 19.1 Å². The molecule has 6 nitrogen and oxygen atoms in total. The summed E-state index contributed by atoms with van der Waals surface area (Å²) in [5, 5.41) is 14.4. The lowest BCUT2D eigenvalue weighted by Crippen LogP contribution is -2.72. The first-order chi connectivity index (χ1) is 13.6. The molecule has 2 aromatic carbocycles. The summed E-state index contributed by atoms with van der Waals surface area (Å²) in [4.78, 5) is 25.1. The molecule has 1 heterocycles. The number of rotatable bonds is 4. The van der Waals surface area contributed by atoms with Gasteiger partial charge in [0.1, 0.15) is 11.7 Å². The smallest absolute Gasteiger partial charge is 0.437 e. The van der Waals surface area contributed by atoms with Gasteiger partial charge in [-0.1, -0.05) is 42.0 Å². The van der Waals surface area contributed by atoms with Gasteiger partial charge in [0.2, 0.25) is 5.72 Å². The number of aliphatic hydroxyl groups is 1. The van der Waals surface area contributed by atoms with Crippen LogP contribution >= 0.6 is 0 Å². The number of hydrogen-bond donors (Lipinski definition) is 3. The van der Waals surface area contributed by atoms with Crippen LogP contribution in [0, 0.1) is 12.8 Å². The highest BCUT2D eigenvalue weighted by Crippen LogP contribution is 2.44. The van der Waals surface area contributed by atoms with E-state index in [0.29, 0.717) is 5.75 Å². The minimum atomic E-state index is -5.29. The van der Waals surface area contributed by atoms with Crippen molar-refractivity contribution in [2.24, 2.45) is 5.92 Å². The molecule has 0 aliphatic carbocycles. The molecule has 2 amide bonds. The lowest BCUT2D eigenvalue weighted by Gasteiger charge is -2.45. The van der Waals surface area contributed by atoms with Crippen LogP contribution in [-0.4, -0.2) is 35.9 Å². The Labute approximate surface area is 164 Å². The van der Waals surface area contributed by atoms with Gasteiger partial charge < -0.3 is 20.5 Å². The van der Waals surface area contributed by atoms with Crippen molar-refractivity contribution in [3.63, 3.8) is 0 Å². The van der Waals surface area contributed by atoms with E-state index in [1.807, 2.05) is 0 Å². The number of carbonyl (C=O) groups excluding carboxylic acids is 2. The number of ether oxygens (including phenoxy) is 1. The second-order valence-electron chi connectivity index (χ2n) is 6.82. The third-order valence-electron chi connectivity index (χ3n) is 4.90. The van der Waals surface area contributed by atoms with Gasteiger partial charge in [0.15, 0.2) is 5.78 Å². The fraction of sp³-hybridized carbons (Fsp3) is 0.300. The van der Waals surface area contributed by atoms with E-state index in [0.717, 1.165) is 5.56 Å². The number of methoxy groups -OCH3 is 1. The van der Waals surface area contributed by atoms with Gasteiger partial charge in [-0.2, -0.15) is 13.2 Å². The lowest BCUT2D eigenvalue weighted by molar-refractivity contribution is -0.287. The van der Waals surface area contributed by atoms with E-state index < -0.39 is 35.7 Å². The Kier molecular flexibility index (Phi) is 5.27. The second-order valence-corrected chi connectivity index (χ2v) is 6.82. The Morgan fingerprint density at radius 2 is 1.69 bits per heavy atom. The zero-order valence-corrected chi connectivity index (χ0v) is 15.6. The third kappa shape index (κ3) is 3.77. The molecule has 2 aromatic rings. The summed E-state index contributed by atoms with van der Waals surface area (Å²) >= 11 is 0. The van der Waals surface area contributed by atoms with Gasteiger partial charge in [-0.05, 0) is 24.6 Å². The number of alkyl halides is 3. The summed E-state index contributed by atoms with van der Waals surface area (Å²) in [7, 11) is 1.42. The number of aryl methyl sites for hydroxylation is 1. The van der Waals surface area contributed by atoms with E-state index in [2.05, 4.69) is 5.32 Å². The minimum absolute atomic E-state index is 0.0141. The summed E-state index contributed by atoms with van der Waals surface area (Å²) in [6, 6.07) is 9.12. The molecule has 3 N–H and O–H groups in total. The monoisotopic (exact) mass is 408 g/mol. The molecule has 1 aliphatic rings. The number of Topliss-reactive ketones (excluding diaryl/α,β-unsaturated/α-hetero) is 1. The van der Waals surface area contributed by atoms with Crippen LogP contribution in [0.3, 0.4) is 0 Å². The summed E-state index contributed by atoms with van der Waals surface area (Å²) in [6.07, 6.45) is -5.29. The molecule has 154 valence electrons. The molecule has 0 aromatic heterocycles. The zero-order valence-electron chi connectivity index (χ0n) is 15.6. The molecule has 3 atom stereocenters. The molecule has 1 aliphatic heterocycles. The van der Waals surface area contributed by atoms with E-state index in [9.17, 15) is 27.9 Å². The van der Waals surface area contributed by atoms with Gasteiger partial charge in [0, 0.05) is 5.56 Å². The maximum atomic E-state index is 13.8. The Bertz CT molecular complexity index is 913. The maximum absolute atomic E-state index is 13.8. The number of halogens is 3. The van der Waals surface area contributed by atoms with Gasteiger partial charge in [-0.15, -0.1) is 0 Å². The maximum Gasteiger partial charge on any atom is 0.437 e. The molecule has 0 spiro atoms. The molecule has 3 rings (SSSR count). The second kappa shape index (κ2) is 7.40. The molecule has 0 saturated carbocycles. The molecule has 9 heteroatoms. The first-order valence-corrected chi connectivity index (χ1v) is 8.69. The zero-order chi connectivity index (χ0) is 21.4. The third-order valence-corrected chi connectivity index (χ3v) is 4.90. The average Bonchev–Trinajstić information content (AvgIpc) is 2.67. The fourth-order valence-electron chi connectivity index (χ4n) is 3.33. The summed E-state index contributed by atoms with van der Waals surface area (Å²) in [6.45, 7) is 1.77. The first-order valence-electron chi connectivity index (χ1n) is 8.69. The Hall–Kier alpha value is -3.07. The van der Waals surface area contributed by atoms with Crippen LogP contribution in [0.5, 0.6) is 5.75 Å². The van der Waals surface area contributed by atoms with Crippen LogP contribution in [0.1, 0.15) is 27.5 Å². The number of ketones is 1. The highest BCUT2D eigenvalue weighted by atomic mass is 19.4. The predicted octanol–water partition coefficient (Wildman–Crippen LogP) is 3.11. The highest BCUT2D eigenvalue weighted by molar-refractivity contribution is 6.00. The van der Waals surface area contributed by atoms with Crippen molar-refractivity contribution in [1.82, 2.24) is 10.6 Å². The van der Waals surface area contributed by atoms with Crippen LogP contribution in [0.25, 0.3) is 0 Å². The fourth-order valence-corrected chi connectivity index (χ4v) is 3.33. The predicted molar refractivity (Wildman–Crippen MR) is 97.4 cm³/mol. The van der Waals surface area contributed by atoms with Crippen molar-refractivity contribution >= 4 is 11.8 Å². The molecule has 1 saturated heterocycles. The Balaban J connectivity index is 2.13. The topological polar surface area (TPSA) is 87.7 Å². The SMILES string of the molecule is COc1ccc([C@@H]2NC(=O)N[C@@](O)(C(F)(F)F)[C@@H]2C(=O)c2ccc(C)cc2)cc1. The number of hydrogen-bond acceptors (Lipinski definition) is 4. The average molecular weight is 408 g/mol. The minimum Gasteiger partial charge on any atom is -0.497 e. The van der Waals surface area contributed by atoms with Crippen molar-refractivity contribution in [2.45, 2.75) is 24.9 Å². The van der Waals surface area contributed by atoms with Crippen molar-refractivity contribution < 1.29 is 32.6 Å². The molecular weight excluding hydrogens is 389 g/mol. The van der Waals surface area contributed by atoms with Crippen molar-refractivity contribution in [2.75, 3.05) is 7.11 Å². The largest absolute Gasteiger partial charge is 0.497 e. The first kappa shape index (κ1) is 20.7. The van der Waals surface area contributed by atoms with Gasteiger partial charge >= 0.3 is 12.2 Å². The molecule has 1 fully saturated rings. The van der Waals surface area contributed by atoms with Crippen molar-refractivity contribution in [1.29, 1.82) is 0 Å². The van der Waals surface area contributed by atoms with E-state index in [-0.39, 0.29) is 11.1 Å². The summed E-state index contributed by atoms with van der Waals surface area (Å²) in [5.41, 5.74) is -2.73. The Morgan fingerprint density at radius 3 is 2.21 bits per heavy atom. The summed E-state index contributed by atoms with van der Waals surface area (Å²) in [5.74, 6) is -2.57. The molecule has 0 bridgehead atoms. The number of amides is 2. The number of urea groups is 1. The van der Waals surface area contributed by atoms with Crippen LogP contribution in [0.4, 0.5) is 18.0 Å². The highest BCUT2D eigenvalue weighted by Gasteiger charge is 2.66. The van der Waals surface area contributed by atoms with Crippen LogP contribution in [0.2, 0.25) is 0 Å².